The normalized spacial score (nSPS) is 10.8. The van der Waals surface area contributed by atoms with Crippen molar-refractivity contribution in [3.63, 3.8) is 0 Å². The van der Waals surface area contributed by atoms with Crippen LogP contribution in [0.3, 0.4) is 0 Å². The molecule has 0 spiro atoms. The molecule has 2 heterocycles. The molecule has 0 saturated heterocycles. The van der Waals surface area contributed by atoms with Crippen molar-refractivity contribution in [3.8, 4) is 0 Å². The van der Waals surface area contributed by atoms with Crippen molar-refractivity contribution in [1.29, 1.82) is 0 Å². The Morgan fingerprint density at radius 2 is 2.00 bits per heavy atom. The van der Waals surface area contributed by atoms with E-state index in [1.807, 2.05) is 18.2 Å². The fourth-order valence-electron chi connectivity index (χ4n) is 2.47. The van der Waals surface area contributed by atoms with E-state index in [-0.39, 0.29) is 23.2 Å². The van der Waals surface area contributed by atoms with Crippen molar-refractivity contribution < 1.29 is 9.72 Å². The standard InChI is InChI=1S/C16H14Cl2N6O3/c1-10-6-15(24(26)27)23(20-10)9-14(25)19-16-13(18)8-22(21-16)7-11-4-2-3-5-12(11)17/h2-6,8H,7,9H2,1H3,(H,19,21,25). The van der Waals surface area contributed by atoms with Gasteiger partial charge in [-0.1, -0.05) is 46.5 Å². The summed E-state index contributed by atoms with van der Waals surface area (Å²) < 4.78 is 2.55. The smallest absolute Gasteiger partial charge is 0.345 e. The average molecular weight is 409 g/mol. The van der Waals surface area contributed by atoms with Crippen molar-refractivity contribution in [3.05, 3.63) is 67.9 Å². The van der Waals surface area contributed by atoms with Gasteiger partial charge in [-0.25, -0.2) is 0 Å². The highest BCUT2D eigenvalue weighted by atomic mass is 35.5. The van der Waals surface area contributed by atoms with Crippen molar-refractivity contribution >= 4 is 40.7 Å². The van der Waals surface area contributed by atoms with Crippen LogP contribution in [0.2, 0.25) is 10.0 Å². The lowest BCUT2D eigenvalue weighted by Crippen LogP contribution is -2.21. The monoisotopic (exact) mass is 408 g/mol. The molecule has 27 heavy (non-hydrogen) atoms. The summed E-state index contributed by atoms with van der Waals surface area (Å²) in [6.45, 7) is 1.64. The molecule has 3 aromatic rings. The maximum Gasteiger partial charge on any atom is 0.345 e. The zero-order chi connectivity index (χ0) is 19.6. The first-order chi connectivity index (χ1) is 12.8. The number of hydrogen-bond donors (Lipinski definition) is 1. The number of aryl methyl sites for hydroxylation is 1. The Balaban J connectivity index is 1.71. The molecule has 11 heteroatoms. The minimum Gasteiger partial charge on any atom is -0.358 e. The van der Waals surface area contributed by atoms with Crippen LogP contribution in [0, 0.1) is 17.0 Å². The third-order valence-electron chi connectivity index (χ3n) is 3.63. The predicted octanol–water partition coefficient (Wildman–Crippen LogP) is 3.29. The van der Waals surface area contributed by atoms with Crippen molar-refractivity contribution in [2.24, 2.45) is 0 Å². The fourth-order valence-corrected chi connectivity index (χ4v) is 2.86. The van der Waals surface area contributed by atoms with Gasteiger partial charge in [-0.15, -0.1) is 4.68 Å². The maximum atomic E-state index is 12.2. The number of hydrogen-bond acceptors (Lipinski definition) is 5. The quantitative estimate of drug-likeness (QED) is 0.497. The summed E-state index contributed by atoms with van der Waals surface area (Å²) in [5.41, 5.74) is 1.29. The maximum absolute atomic E-state index is 12.2. The molecule has 0 bridgehead atoms. The van der Waals surface area contributed by atoms with Crippen LogP contribution >= 0.6 is 23.2 Å². The van der Waals surface area contributed by atoms with E-state index in [0.717, 1.165) is 10.2 Å². The molecule has 0 aliphatic heterocycles. The molecule has 9 nitrogen and oxygen atoms in total. The molecule has 0 fully saturated rings. The number of nitro groups is 1. The van der Waals surface area contributed by atoms with Crippen LogP contribution in [0.15, 0.2) is 36.5 Å². The topological polar surface area (TPSA) is 108 Å². The second kappa shape index (κ2) is 7.77. The lowest BCUT2D eigenvalue weighted by molar-refractivity contribution is -0.392. The van der Waals surface area contributed by atoms with Crippen molar-refractivity contribution in [2.45, 2.75) is 20.0 Å². The van der Waals surface area contributed by atoms with Crippen LogP contribution < -0.4 is 5.32 Å². The lowest BCUT2D eigenvalue weighted by Gasteiger charge is -2.04. The highest BCUT2D eigenvalue weighted by Crippen LogP contribution is 2.22. The molecule has 0 aliphatic carbocycles. The van der Waals surface area contributed by atoms with Crippen LogP contribution in [0.1, 0.15) is 11.3 Å². The van der Waals surface area contributed by atoms with Gasteiger partial charge in [0.2, 0.25) is 0 Å². The molecular weight excluding hydrogens is 395 g/mol. The minimum absolute atomic E-state index is 0.153. The summed E-state index contributed by atoms with van der Waals surface area (Å²) in [6.07, 6.45) is 1.56. The van der Waals surface area contributed by atoms with E-state index in [4.69, 9.17) is 23.2 Å². The molecule has 140 valence electrons. The van der Waals surface area contributed by atoms with E-state index in [9.17, 15) is 14.9 Å². The third-order valence-corrected chi connectivity index (χ3v) is 4.27. The van der Waals surface area contributed by atoms with Gasteiger partial charge in [0.1, 0.15) is 5.02 Å². The average Bonchev–Trinajstić information content (AvgIpc) is 3.12. The molecule has 0 unspecified atom stereocenters. The Morgan fingerprint density at radius 1 is 1.26 bits per heavy atom. The van der Waals surface area contributed by atoms with Gasteiger partial charge in [0.25, 0.3) is 5.91 Å². The van der Waals surface area contributed by atoms with E-state index in [1.165, 1.54) is 6.07 Å². The van der Waals surface area contributed by atoms with E-state index >= 15 is 0 Å². The summed E-state index contributed by atoms with van der Waals surface area (Å²) in [6, 6.07) is 8.59. The minimum atomic E-state index is -0.599. The summed E-state index contributed by atoms with van der Waals surface area (Å²) >= 11 is 12.3. The number of rotatable bonds is 6. The van der Waals surface area contributed by atoms with Gasteiger partial charge < -0.3 is 15.4 Å². The summed E-state index contributed by atoms with van der Waals surface area (Å²) in [5.74, 6) is -0.649. The van der Waals surface area contributed by atoms with Gasteiger partial charge in [-0.2, -0.15) is 5.10 Å². The third kappa shape index (κ3) is 4.44. The molecule has 0 aliphatic rings. The molecule has 0 saturated carbocycles. The van der Waals surface area contributed by atoms with Gasteiger partial charge in [0.05, 0.1) is 18.3 Å². The Morgan fingerprint density at radius 3 is 2.70 bits per heavy atom. The first-order valence-electron chi connectivity index (χ1n) is 7.78. The Kier molecular flexibility index (Phi) is 5.43. The van der Waals surface area contributed by atoms with Crippen molar-refractivity contribution in [2.75, 3.05) is 5.32 Å². The van der Waals surface area contributed by atoms with Crippen LogP contribution in [0.25, 0.3) is 0 Å². The van der Waals surface area contributed by atoms with E-state index in [2.05, 4.69) is 15.5 Å². The lowest BCUT2D eigenvalue weighted by atomic mass is 10.2. The van der Waals surface area contributed by atoms with Crippen molar-refractivity contribution in [1.82, 2.24) is 19.6 Å². The summed E-state index contributed by atoms with van der Waals surface area (Å²) in [5, 5.41) is 22.5. The van der Waals surface area contributed by atoms with Gasteiger partial charge in [-0.3, -0.25) is 9.48 Å². The van der Waals surface area contributed by atoms with Crippen LogP contribution in [-0.4, -0.2) is 30.4 Å². The highest BCUT2D eigenvalue weighted by molar-refractivity contribution is 6.33. The van der Waals surface area contributed by atoms with Crippen LogP contribution in [-0.2, 0) is 17.9 Å². The van der Waals surface area contributed by atoms with E-state index in [0.29, 0.717) is 17.3 Å². The Hall–Kier alpha value is -2.91. The van der Waals surface area contributed by atoms with Gasteiger partial charge in [-0.05, 0) is 23.5 Å². The first kappa shape index (κ1) is 18.9. The molecular formula is C16H14Cl2N6O3. The highest BCUT2D eigenvalue weighted by Gasteiger charge is 2.20. The Labute approximate surface area is 163 Å². The largest absolute Gasteiger partial charge is 0.358 e. The van der Waals surface area contributed by atoms with Crippen LogP contribution in [0.5, 0.6) is 0 Å². The predicted molar refractivity (Wildman–Crippen MR) is 100 cm³/mol. The molecule has 1 N–H and O–H groups in total. The number of amides is 1. The van der Waals surface area contributed by atoms with Crippen LogP contribution in [0.4, 0.5) is 11.6 Å². The molecule has 0 atom stereocenters. The SMILES string of the molecule is Cc1cc([N+](=O)[O-])n(CC(=O)Nc2nn(Cc3ccccc3Cl)cc2Cl)n1. The molecule has 2 aromatic heterocycles. The number of anilines is 1. The fraction of sp³-hybridized carbons (Fsp3) is 0.188. The van der Waals surface area contributed by atoms with E-state index < -0.39 is 10.8 Å². The molecule has 1 aromatic carbocycles. The number of halogens is 2. The number of carbonyl (C=O) groups excluding carboxylic acids is 1. The number of nitrogens with zero attached hydrogens (tertiary/aromatic N) is 5. The molecule has 0 radical (unpaired) electrons. The number of benzene rings is 1. The van der Waals surface area contributed by atoms with E-state index in [1.54, 1.807) is 23.9 Å². The van der Waals surface area contributed by atoms with Gasteiger partial charge in [0.15, 0.2) is 12.4 Å². The zero-order valence-electron chi connectivity index (χ0n) is 14.1. The second-order valence-electron chi connectivity index (χ2n) is 5.72. The summed E-state index contributed by atoms with van der Waals surface area (Å²) in [7, 11) is 0. The molecule has 1 amide bonds. The first-order valence-corrected chi connectivity index (χ1v) is 8.54. The zero-order valence-corrected chi connectivity index (χ0v) is 15.6. The van der Waals surface area contributed by atoms with Gasteiger partial charge in [0, 0.05) is 11.2 Å². The molecule has 3 rings (SSSR count). The summed E-state index contributed by atoms with van der Waals surface area (Å²) in [4.78, 5) is 22.6. The number of nitrogens with one attached hydrogen (secondary N) is 1. The Bertz CT molecular complexity index is 1010. The number of carbonyl (C=O) groups is 1. The second-order valence-corrected chi connectivity index (χ2v) is 6.54. The number of aromatic nitrogens is 4. The van der Waals surface area contributed by atoms with Gasteiger partial charge >= 0.3 is 5.82 Å².